The van der Waals surface area contributed by atoms with E-state index in [4.69, 9.17) is 0 Å². The van der Waals surface area contributed by atoms with Gasteiger partial charge in [0.15, 0.2) is 0 Å². The molecule has 0 heterocycles. The minimum Gasteiger partial charge on any atom is -0.246 e. The molecule has 0 saturated carbocycles. The highest BCUT2D eigenvalue weighted by molar-refractivity contribution is 9.13. The molecule has 4 heteroatoms. The summed E-state index contributed by atoms with van der Waals surface area (Å²) >= 11 is 9.85. The van der Waals surface area contributed by atoms with E-state index in [0.717, 1.165) is 13.4 Å². The minimum absolute atomic E-state index is 0.452. The van der Waals surface area contributed by atoms with Crippen molar-refractivity contribution in [3.63, 3.8) is 0 Å². The first-order valence-electron chi connectivity index (χ1n) is 2.84. The molecule has 0 aliphatic carbocycles. The Morgan fingerprint density at radius 3 is 2.09 bits per heavy atom. The van der Waals surface area contributed by atoms with E-state index < -0.39 is 6.67 Å². The third-order valence-electron chi connectivity index (χ3n) is 1.23. The maximum absolute atomic E-state index is 12.2. The monoisotopic (exact) mass is 344 g/mol. The van der Waals surface area contributed by atoms with Crippen LogP contribution in [0.4, 0.5) is 4.39 Å². The average molecular weight is 347 g/mol. The Morgan fingerprint density at radius 1 is 1.00 bits per heavy atom. The van der Waals surface area contributed by atoms with Crippen molar-refractivity contribution in [1.82, 2.24) is 0 Å². The lowest BCUT2D eigenvalue weighted by Crippen LogP contribution is -1.82. The fourth-order valence-corrected chi connectivity index (χ4v) is 2.16. The molecule has 0 saturated heterocycles. The first-order chi connectivity index (χ1) is 5.15. The zero-order valence-corrected chi connectivity index (χ0v) is 10.1. The van der Waals surface area contributed by atoms with Gasteiger partial charge >= 0.3 is 0 Å². The summed E-state index contributed by atoms with van der Waals surface area (Å²) in [5.41, 5.74) is 0.653. The van der Waals surface area contributed by atoms with Crippen LogP contribution in [-0.4, -0.2) is 0 Å². The number of rotatable bonds is 1. The molecule has 0 aromatic heterocycles. The molecule has 1 aromatic rings. The predicted octanol–water partition coefficient (Wildman–Crippen LogP) is 4.44. The molecule has 0 aliphatic heterocycles. The van der Waals surface area contributed by atoms with Crippen LogP contribution in [0.25, 0.3) is 0 Å². The molecule has 1 aromatic carbocycles. The number of hydrogen-bond acceptors (Lipinski definition) is 0. The van der Waals surface area contributed by atoms with Gasteiger partial charge in [0.2, 0.25) is 0 Å². The molecule has 0 amide bonds. The van der Waals surface area contributed by atoms with E-state index in [1.807, 2.05) is 6.07 Å². The maximum Gasteiger partial charge on any atom is 0.116 e. The van der Waals surface area contributed by atoms with Gasteiger partial charge in [-0.1, -0.05) is 15.9 Å². The van der Waals surface area contributed by atoms with Gasteiger partial charge in [0.05, 0.1) is 0 Å². The van der Waals surface area contributed by atoms with Crippen molar-refractivity contribution in [1.29, 1.82) is 0 Å². The summed E-state index contributed by atoms with van der Waals surface area (Å²) < 4.78 is 14.8. The van der Waals surface area contributed by atoms with Gasteiger partial charge in [0.25, 0.3) is 0 Å². The lowest BCUT2D eigenvalue weighted by atomic mass is 10.2. The van der Waals surface area contributed by atoms with Gasteiger partial charge in [-0.05, 0) is 49.6 Å². The lowest BCUT2D eigenvalue weighted by molar-refractivity contribution is 0.483. The summed E-state index contributed by atoms with van der Waals surface area (Å²) in [5, 5.41) is 0. The molecule has 1 rings (SSSR count). The van der Waals surface area contributed by atoms with Crippen LogP contribution >= 0.6 is 47.8 Å². The van der Waals surface area contributed by atoms with Crippen LogP contribution in [-0.2, 0) is 6.67 Å². The standard InChI is InChI=1S/C7H4Br3F/c8-5-2-7(10)6(9)1-4(5)3-11/h1-2H,3H2. The average Bonchev–Trinajstić information content (AvgIpc) is 1.97. The molecular weight excluding hydrogens is 343 g/mol. The van der Waals surface area contributed by atoms with E-state index in [0.29, 0.717) is 5.56 Å². The second kappa shape index (κ2) is 4.01. The van der Waals surface area contributed by atoms with Crippen molar-refractivity contribution in [2.45, 2.75) is 6.67 Å². The van der Waals surface area contributed by atoms with Crippen molar-refractivity contribution in [3.05, 3.63) is 31.1 Å². The van der Waals surface area contributed by atoms with E-state index in [1.165, 1.54) is 0 Å². The number of halogens is 4. The van der Waals surface area contributed by atoms with Crippen LogP contribution in [0.15, 0.2) is 25.6 Å². The van der Waals surface area contributed by atoms with Gasteiger partial charge in [0, 0.05) is 13.4 Å². The first kappa shape index (κ1) is 9.68. The molecule has 0 aliphatic rings. The fourth-order valence-electron chi connectivity index (χ4n) is 0.666. The Bertz CT molecular complexity index is 273. The zero-order valence-electron chi connectivity index (χ0n) is 5.37. The SMILES string of the molecule is FCc1cc(Br)c(Br)cc1Br. The van der Waals surface area contributed by atoms with E-state index in [-0.39, 0.29) is 0 Å². The normalized spacial score (nSPS) is 10.2. The molecule has 0 N–H and O–H groups in total. The molecule has 0 nitrogen and oxygen atoms in total. The summed E-state index contributed by atoms with van der Waals surface area (Å²) in [4.78, 5) is 0. The van der Waals surface area contributed by atoms with Crippen molar-refractivity contribution in [2.75, 3.05) is 0 Å². The van der Waals surface area contributed by atoms with Gasteiger partial charge in [-0.2, -0.15) is 0 Å². The fraction of sp³-hybridized carbons (Fsp3) is 0.143. The number of benzene rings is 1. The van der Waals surface area contributed by atoms with E-state index in [9.17, 15) is 4.39 Å². The topological polar surface area (TPSA) is 0 Å². The largest absolute Gasteiger partial charge is 0.246 e. The van der Waals surface area contributed by atoms with Crippen LogP contribution in [0.1, 0.15) is 5.56 Å². The highest BCUT2D eigenvalue weighted by Crippen LogP contribution is 2.30. The van der Waals surface area contributed by atoms with Crippen LogP contribution in [0.5, 0.6) is 0 Å². The van der Waals surface area contributed by atoms with Crippen molar-refractivity contribution in [2.24, 2.45) is 0 Å². The van der Waals surface area contributed by atoms with Crippen LogP contribution < -0.4 is 0 Å². The summed E-state index contributed by atoms with van der Waals surface area (Å²) in [6.45, 7) is -0.452. The maximum atomic E-state index is 12.2. The summed E-state index contributed by atoms with van der Waals surface area (Å²) in [6, 6.07) is 3.56. The molecule has 0 unspecified atom stereocenters. The van der Waals surface area contributed by atoms with Crippen molar-refractivity contribution >= 4 is 47.8 Å². The smallest absolute Gasteiger partial charge is 0.116 e. The van der Waals surface area contributed by atoms with Gasteiger partial charge in [-0.15, -0.1) is 0 Å². The molecular formula is C7H4Br3F. The second-order valence-corrected chi connectivity index (χ2v) is 4.55. The molecule has 0 spiro atoms. The van der Waals surface area contributed by atoms with Crippen molar-refractivity contribution in [3.8, 4) is 0 Å². The third-order valence-corrected chi connectivity index (χ3v) is 3.82. The van der Waals surface area contributed by atoms with Gasteiger partial charge in [0.1, 0.15) is 6.67 Å². The number of hydrogen-bond donors (Lipinski definition) is 0. The second-order valence-electron chi connectivity index (χ2n) is 1.99. The Morgan fingerprint density at radius 2 is 1.55 bits per heavy atom. The van der Waals surface area contributed by atoms with E-state index in [1.54, 1.807) is 6.07 Å². The molecule has 0 atom stereocenters. The Hall–Kier alpha value is 0.590. The molecule has 0 fully saturated rings. The van der Waals surface area contributed by atoms with Gasteiger partial charge < -0.3 is 0 Å². The quantitative estimate of drug-likeness (QED) is 0.659. The highest BCUT2D eigenvalue weighted by Gasteiger charge is 2.03. The summed E-state index contributed by atoms with van der Waals surface area (Å²) in [5.74, 6) is 0. The van der Waals surface area contributed by atoms with Crippen LogP contribution in [0.2, 0.25) is 0 Å². The molecule has 0 radical (unpaired) electrons. The summed E-state index contributed by atoms with van der Waals surface area (Å²) in [7, 11) is 0. The van der Waals surface area contributed by atoms with Crippen molar-refractivity contribution < 1.29 is 4.39 Å². The Kier molecular flexibility index (Phi) is 3.52. The first-order valence-corrected chi connectivity index (χ1v) is 5.22. The lowest BCUT2D eigenvalue weighted by Gasteiger charge is -2.01. The molecule has 60 valence electrons. The molecule has 11 heavy (non-hydrogen) atoms. The number of alkyl halides is 1. The predicted molar refractivity (Wildman–Crippen MR) is 54.4 cm³/mol. The van der Waals surface area contributed by atoms with E-state index in [2.05, 4.69) is 47.8 Å². The zero-order chi connectivity index (χ0) is 8.43. The summed E-state index contributed by atoms with van der Waals surface area (Å²) in [6.07, 6.45) is 0. The molecule has 0 bridgehead atoms. The third kappa shape index (κ3) is 2.26. The Balaban J connectivity index is 3.21. The van der Waals surface area contributed by atoms with Crippen LogP contribution in [0, 0.1) is 0 Å². The minimum atomic E-state index is -0.452. The van der Waals surface area contributed by atoms with Crippen LogP contribution in [0.3, 0.4) is 0 Å². The highest BCUT2D eigenvalue weighted by atomic mass is 79.9. The van der Waals surface area contributed by atoms with Gasteiger partial charge in [-0.25, -0.2) is 4.39 Å². The van der Waals surface area contributed by atoms with Gasteiger partial charge in [-0.3, -0.25) is 0 Å². The van der Waals surface area contributed by atoms with E-state index >= 15 is 0 Å². The Labute approximate surface area is 89.6 Å².